The molecule has 0 radical (unpaired) electrons. The summed E-state index contributed by atoms with van der Waals surface area (Å²) < 4.78 is 5.57. The number of guanidine groups is 1. The van der Waals surface area contributed by atoms with Crippen LogP contribution in [0.25, 0.3) is 0 Å². The van der Waals surface area contributed by atoms with Crippen LogP contribution in [0.15, 0.2) is 65.7 Å². The van der Waals surface area contributed by atoms with Crippen molar-refractivity contribution < 1.29 is 4.74 Å². The molecular formula is C24H32N4O. The molecule has 2 aromatic rings. The second kappa shape index (κ2) is 9.90. The number of aliphatic imine (C=N–C) groups is 1. The Kier molecular flexibility index (Phi) is 6.80. The van der Waals surface area contributed by atoms with Gasteiger partial charge in [-0.2, -0.15) is 0 Å². The molecular weight excluding hydrogens is 360 g/mol. The van der Waals surface area contributed by atoms with Crippen molar-refractivity contribution in [2.75, 3.05) is 53.0 Å². The fourth-order valence-corrected chi connectivity index (χ4v) is 4.49. The van der Waals surface area contributed by atoms with Gasteiger partial charge in [-0.25, -0.2) is 0 Å². The van der Waals surface area contributed by atoms with E-state index < -0.39 is 0 Å². The largest absolute Gasteiger partial charge is 0.379 e. The fourth-order valence-electron chi connectivity index (χ4n) is 4.49. The molecule has 0 spiro atoms. The van der Waals surface area contributed by atoms with Gasteiger partial charge in [-0.3, -0.25) is 9.89 Å². The van der Waals surface area contributed by atoms with Gasteiger partial charge in [-0.05, 0) is 17.5 Å². The highest BCUT2D eigenvalue weighted by Crippen LogP contribution is 2.27. The van der Waals surface area contributed by atoms with E-state index in [1.54, 1.807) is 0 Å². The lowest BCUT2D eigenvalue weighted by Crippen LogP contribution is -2.47. The third kappa shape index (κ3) is 4.98. The number of benzene rings is 2. The highest BCUT2D eigenvalue weighted by Gasteiger charge is 2.27. The van der Waals surface area contributed by atoms with Gasteiger partial charge in [0.15, 0.2) is 5.96 Å². The van der Waals surface area contributed by atoms with Crippen LogP contribution in [0.4, 0.5) is 0 Å². The third-order valence-electron chi connectivity index (χ3n) is 6.09. The van der Waals surface area contributed by atoms with Crippen molar-refractivity contribution in [1.82, 2.24) is 15.1 Å². The van der Waals surface area contributed by atoms with Gasteiger partial charge >= 0.3 is 0 Å². The van der Waals surface area contributed by atoms with E-state index in [-0.39, 0.29) is 0 Å². The second-order valence-electron chi connectivity index (χ2n) is 7.85. The Morgan fingerprint density at radius 1 is 1.03 bits per heavy atom. The van der Waals surface area contributed by atoms with Gasteiger partial charge in [-0.1, -0.05) is 60.7 Å². The third-order valence-corrected chi connectivity index (χ3v) is 6.09. The number of hydrogen-bond acceptors (Lipinski definition) is 3. The summed E-state index contributed by atoms with van der Waals surface area (Å²) in [4.78, 5) is 9.52. The quantitative estimate of drug-likeness (QED) is 0.627. The molecule has 0 bridgehead atoms. The normalized spacial score (nSPS) is 21.9. The first-order chi connectivity index (χ1) is 14.3. The first-order valence-corrected chi connectivity index (χ1v) is 10.7. The summed E-state index contributed by atoms with van der Waals surface area (Å²) in [6.45, 7) is 6.48. The van der Waals surface area contributed by atoms with Crippen LogP contribution in [0.1, 0.15) is 29.5 Å². The minimum absolute atomic E-state index is 0.323. The van der Waals surface area contributed by atoms with Gasteiger partial charge in [0, 0.05) is 45.7 Å². The van der Waals surface area contributed by atoms with Crippen molar-refractivity contribution in [3.8, 4) is 0 Å². The summed E-state index contributed by atoms with van der Waals surface area (Å²) in [5.41, 5.74) is 2.78. The minimum atomic E-state index is 0.323. The summed E-state index contributed by atoms with van der Waals surface area (Å²) in [6.07, 6.45) is 1.18. The van der Waals surface area contributed by atoms with E-state index in [1.165, 1.54) is 17.5 Å². The van der Waals surface area contributed by atoms with E-state index in [4.69, 9.17) is 4.74 Å². The first kappa shape index (κ1) is 19.9. The van der Waals surface area contributed by atoms with Crippen LogP contribution in [0.5, 0.6) is 0 Å². The zero-order chi connectivity index (χ0) is 19.9. The molecule has 0 aromatic heterocycles. The van der Waals surface area contributed by atoms with Gasteiger partial charge in [0.1, 0.15) is 0 Å². The fraction of sp³-hybridized carbons (Fsp3) is 0.458. The van der Waals surface area contributed by atoms with Crippen LogP contribution in [-0.2, 0) is 4.74 Å². The number of morpholine rings is 1. The molecule has 2 saturated heterocycles. The Morgan fingerprint density at radius 2 is 1.72 bits per heavy atom. The molecule has 154 valence electrons. The van der Waals surface area contributed by atoms with E-state index >= 15 is 0 Å². The van der Waals surface area contributed by atoms with Crippen molar-refractivity contribution >= 4 is 5.96 Å². The number of hydrogen-bond donors (Lipinski definition) is 1. The maximum atomic E-state index is 5.57. The zero-order valence-corrected chi connectivity index (χ0v) is 17.3. The van der Waals surface area contributed by atoms with Crippen molar-refractivity contribution in [1.29, 1.82) is 0 Å². The number of ether oxygens (including phenoxy) is 1. The van der Waals surface area contributed by atoms with Crippen LogP contribution >= 0.6 is 0 Å². The Morgan fingerprint density at radius 3 is 2.41 bits per heavy atom. The van der Waals surface area contributed by atoms with E-state index in [2.05, 4.69) is 80.8 Å². The van der Waals surface area contributed by atoms with Crippen LogP contribution in [0.3, 0.4) is 0 Å². The van der Waals surface area contributed by atoms with E-state index in [1.807, 2.05) is 7.05 Å². The molecule has 2 unspecified atom stereocenters. The van der Waals surface area contributed by atoms with Crippen molar-refractivity contribution in [2.24, 2.45) is 4.99 Å². The van der Waals surface area contributed by atoms with Crippen LogP contribution in [-0.4, -0.2) is 68.7 Å². The smallest absolute Gasteiger partial charge is 0.193 e. The summed E-state index contributed by atoms with van der Waals surface area (Å²) in [6, 6.07) is 22.0. The average molecular weight is 393 g/mol. The SMILES string of the molecule is CN=C(NCC(c1ccccc1)N1CCOCC1)N1CCC(c2ccccc2)C1. The monoisotopic (exact) mass is 392 g/mol. The minimum Gasteiger partial charge on any atom is -0.379 e. The summed E-state index contributed by atoms with van der Waals surface area (Å²) >= 11 is 0. The molecule has 1 N–H and O–H groups in total. The summed E-state index contributed by atoms with van der Waals surface area (Å²) in [7, 11) is 1.89. The second-order valence-corrected chi connectivity index (χ2v) is 7.85. The average Bonchev–Trinajstić information content (AvgIpc) is 3.29. The lowest BCUT2D eigenvalue weighted by atomic mass is 9.99. The lowest BCUT2D eigenvalue weighted by Gasteiger charge is -2.35. The van der Waals surface area contributed by atoms with Crippen molar-refractivity contribution in [2.45, 2.75) is 18.4 Å². The molecule has 0 saturated carbocycles. The molecule has 29 heavy (non-hydrogen) atoms. The van der Waals surface area contributed by atoms with E-state index in [0.717, 1.165) is 51.9 Å². The number of likely N-dealkylation sites (tertiary alicyclic amines) is 1. The Balaban J connectivity index is 1.41. The predicted molar refractivity (Wildman–Crippen MR) is 118 cm³/mol. The predicted octanol–water partition coefficient (Wildman–Crippen LogP) is 3.12. The van der Waals surface area contributed by atoms with E-state index in [0.29, 0.717) is 12.0 Å². The van der Waals surface area contributed by atoms with Gasteiger partial charge in [0.2, 0.25) is 0 Å². The molecule has 4 rings (SSSR count). The summed E-state index contributed by atoms with van der Waals surface area (Å²) in [5.74, 6) is 1.59. The van der Waals surface area contributed by atoms with Crippen molar-refractivity contribution in [3.05, 3.63) is 71.8 Å². The molecule has 5 heteroatoms. The Bertz CT molecular complexity index is 774. The molecule has 2 heterocycles. The number of nitrogens with zero attached hydrogens (tertiary/aromatic N) is 3. The maximum Gasteiger partial charge on any atom is 0.193 e. The first-order valence-electron chi connectivity index (χ1n) is 10.7. The lowest BCUT2D eigenvalue weighted by molar-refractivity contribution is 0.0169. The highest BCUT2D eigenvalue weighted by molar-refractivity contribution is 5.80. The van der Waals surface area contributed by atoms with Gasteiger partial charge in [0.25, 0.3) is 0 Å². The number of nitrogens with one attached hydrogen (secondary N) is 1. The van der Waals surface area contributed by atoms with Gasteiger partial charge < -0.3 is 15.0 Å². The van der Waals surface area contributed by atoms with Crippen LogP contribution in [0.2, 0.25) is 0 Å². The number of rotatable bonds is 5. The molecule has 0 amide bonds. The molecule has 0 aliphatic carbocycles. The Hall–Kier alpha value is -2.37. The molecule has 2 aliphatic rings. The molecule has 2 fully saturated rings. The van der Waals surface area contributed by atoms with Gasteiger partial charge in [0.05, 0.1) is 19.3 Å². The summed E-state index contributed by atoms with van der Waals surface area (Å²) in [5, 5.41) is 3.67. The topological polar surface area (TPSA) is 40.1 Å². The zero-order valence-electron chi connectivity index (χ0n) is 17.3. The standard InChI is InChI=1S/C24H32N4O/c1-25-24(28-13-12-22(19-28)20-8-4-2-5-9-20)26-18-23(21-10-6-3-7-11-21)27-14-16-29-17-15-27/h2-11,22-23H,12-19H2,1H3,(H,25,26). The van der Waals surface area contributed by atoms with Crippen molar-refractivity contribution in [3.63, 3.8) is 0 Å². The molecule has 2 aromatic carbocycles. The Labute approximate surface area is 174 Å². The highest BCUT2D eigenvalue weighted by atomic mass is 16.5. The molecule has 2 atom stereocenters. The van der Waals surface area contributed by atoms with Gasteiger partial charge in [-0.15, -0.1) is 0 Å². The molecule has 5 nitrogen and oxygen atoms in total. The van der Waals surface area contributed by atoms with E-state index in [9.17, 15) is 0 Å². The maximum absolute atomic E-state index is 5.57. The molecule has 2 aliphatic heterocycles. The van der Waals surface area contributed by atoms with Crippen LogP contribution < -0.4 is 5.32 Å². The van der Waals surface area contributed by atoms with Crippen LogP contribution in [0, 0.1) is 0 Å².